The highest BCUT2D eigenvalue weighted by atomic mass is 16.5. The SMILES string of the molecule is CC[C@@H]1C=CC=CC1(O)N(C[C@H](O)COc1ccccc1)[C@H](C)Cc1ccc(OCC(=O)O)cc1. The van der Waals surface area contributed by atoms with Gasteiger partial charge in [0.2, 0.25) is 0 Å². The second kappa shape index (κ2) is 12.5. The van der Waals surface area contributed by atoms with Crippen molar-refractivity contribution in [1.82, 2.24) is 4.90 Å². The van der Waals surface area contributed by atoms with Gasteiger partial charge in [-0.05, 0) is 55.7 Å². The highest BCUT2D eigenvalue weighted by Crippen LogP contribution is 2.33. The summed E-state index contributed by atoms with van der Waals surface area (Å²) in [5.41, 5.74) is -0.242. The normalized spacial score (nSPS) is 21.0. The van der Waals surface area contributed by atoms with Gasteiger partial charge < -0.3 is 24.8 Å². The Hall–Kier alpha value is -3.13. The number of ether oxygens (including phenoxy) is 2. The van der Waals surface area contributed by atoms with Crippen LogP contribution in [0.2, 0.25) is 0 Å². The van der Waals surface area contributed by atoms with Gasteiger partial charge in [0.1, 0.15) is 29.9 Å². The van der Waals surface area contributed by atoms with Gasteiger partial charge in [0, 0.05) is 18.5 Å². The number of carboxylic acids is 1. The molecule has 0 aromatic heterocycles. The Kier molecular flexibility index (Phi) is 9.48. The Balaban J connectivity index is 1.73. The third-order valence-electron chi connectivity index (χ3n) is 6.18. The number of para-hydroxylation sites is 1. The Bertz CT molecular complexity index is 990. The van der Waals surface area contributed by atoms with Crippen LogP contribution in [0, 0.1) is 5.92 Å². The standard InChI is InChI=1S/C28H35NO6/c1-3-23-9-7-8-16-28(23,33)29(18-24(30)19-34-25-10-5-4-6-11-25)21(2)17-22-12-14-26(15-13-22)35-20-27(31)32/h4-16,21,23-24,30,33H,3,17-20H2,1-2H3,(H,31,32)/t21-,23-,24+,28?/m1/s1. The number of aliphatic hydroxyl groups excluding tert-OH is 1. The summed E-state index contributed by atoms with van der Waals surface area (Å²) in [7, 11) is 0. The van der Waals surface area contributed by atoms with E-state index in [0.29, 0.717) is 17.9 Å². The quantitative estimate of drug-likeness (QED) is 0.376. The molecule has 1 aliphatic rings. The fourth-order valence-electron chi connectivity index (χ4n) is 4.39. The molecule has 0 amide bonds. The van der Waals surface area contributed by atoms with Crippen molar-refractivity contribution in [3.8, 4) is 11.5 Å². The zero-order valence-corrected chi connectivity index (χ0v) is 20.3. The van der Waals surface area contributed by atoms with Crippen molar-refractivity contribution in [1.29, 1.82) is 0 Å². The van der Waals surface area contributed by atoms with Crippen LogP contribution in [0.4, 0.5) is 0 Å². The molecule has 7 nitrogen and oxygen atoms in total. The van der Waals surface area contributed by atoms with E-state index in [2.05, 4.69) is 0 Å². The van der Waals surface area contributed by atoms with E-state index in [4.69, 9.17) is 14.6 Å². The summed E-state index contributed by atoms with van der Waals surface area (Å²) < 4.78 is 11.0. The first-order valence-corrected chi connectivity index (χ1v) is 12.0. The molecular weight excluding hydrogens is 446 g/mol. The summed E-state index contributed by atoms with van der Waals surface area (Å²) in [5.74, 6) is 0.0200. The summed E-state index contributed by atoms with van der Waals surface area (Å²) >= 11 is 0. The minimum atomic E-state index is -1.25. The lowest BCUT2D eigenvalue weighted by Gasteiger charge is -2.47. The van der Waals surface area contributed by atoms with E-state index < -0.39 is 24.4 Å². The number of benzene rings is 2. The van der Waals surface area contributed by atoms with Crippen LogP contribution in [0.3, 0.4) is 0 Å². The predicted octanol–water partition coefficient (Wildman–Crippen LogP) is 3.66. The van der Waals surface area contributed by atoms with E-state index in [1.807, 2.05) is 79.4 Å². The second-order valence-corrected chi connectivity index (χ2v) is 8.85. The van der Waals surface area contributed by atoms with Crippen LogP contribution >= 0.6 is 0 Å². The number of carboxylic acid groups (broad SMARTS) is 1. The van der Waals surface area contributed by atoms with Gasteiger partial charge in [0.25, 0.3) is 0 Å². The Morgan fingerprint density at radius 2 is 1.74 bits per heavy atom. The lowest BCUT2D eigenvalue weighted by Crippen LogP contribution is -2.59. The molecule has 0 radical (unpaired) electrons. The summed E-state index contributed by atoms with van der Waals surface area (Å²) in [6.07, 6.45) is 8.12. The van der Waals surface area contributed by atoms with Gasteiger partial charge in [-0.15, -0.1) is 0 Å². The third-order valence-corrected chi connectivity index (χ3v) is 6.18. The van der Waals surface area contributed by atoms with Gasteiger partial charge in [-0.3, -0.25) is 4.90 Å². The average Bonchev–Trinajstić information content (AvgIpc) is 2.86. The largest absolute Gasteiger partial charge is 0.491 e. The molecule has 0 heterocycles. The van der Waals surface area contributed by atoms with Gasteiger partial charge in [0.05, 0.1) is 0 Å². The summed E-state index contributed by atoms with van der Waals surface area (Å²) in [6, 6.07) is 16.5. The number of nitrogens with zero attached hydrogens (tertiary/aromatic N) is 1. The molecule has 0 fully saturated rings. The minimum Gasteiger partial charge on any atom is -0.491 e. The summed E-state index contributed by atoms with van der Waals surface area (Å²) in [6.45, 7) is 4.00. The number of allylic oxidation sites excluding steroid dienone is 2. The van der Waals surface area contributed by atoms with Crippen LogP contribution in [-0.2, 0) is 11.2 Å². The first-order chi connectivity index (χ1) is 16.8. The van der Waals surface area contributed by atoms with E-state index in [1.54, 1.807) is 18.2 Å². The molecular formula is C28H35NO6. The van der Waals surface area contributed by atoms with Crippen molar-refractivity contribution < 1.29 is 29.6 Å². The fraction of sp³-hybridized carbons (Fsp3) is 0.393. The molecule has 2 aromatic rings. The van der Waals surface area contributed by atoms with Crippen molar-refractivity contribution in [3.63, 3.8) is 0 Å². The molecule has 188 valence electrons. The van der Waals surface area contributed by atoms with E-state index in [9.17, 15) is 15.0 Å². The van der Waals surface area contributed by atoms with Crippen molar-refractivity contribution in [2.45, 2.75) is 44.6 Å². The number of rotatable bonds is 13. The lowest BCUT2D eigenvalue weighted by molar-refractivity contribution is -0.139. The number of hydrogen-bond acceptors (Lipinski definition) is 6. The highest BCUT2D eigenvalue weighted by Gasteiger charge is 2.42. The minimum absolute atomic E-state index is 0.106. The average molecular weight is 482 g/mol. The molecule has 35 heavy (non-hydrogen) atoms. The Labute approximate surface area is 206 Å². The van der Waals surface area contributed by atoms with Crippen molar-refractivity contribution in [3.05, 3.63) is 84.5 Å². The van der Waals surface area contributed by atoms with E-state index in [0.717, 1.165) is 12.0 Å². The zero-order chi connectivity index (χ0) is 25.3. The van der Waals surface area contributed by atoms with Crippen LogP contribution < -0.4 is 9.47 Å². The molecule has 3 rings (SSSR count). The Morgan fingerprint density at radius 1 is 1.06 bits per heavy atom. The van der Waals surface area contributed by atoms with Crippen LogP contribution in [0.1, 0.15) is 25.8 Å². The maximum absolute atomic E-state index is 11.8. The predicted molar refractivity (Wildman–Crippen MR) is 134 cm³/mol. The molecule has 0 saturated heterocycles. The van der Waals surface area contributed by atoms with Crippen LogP contribution in [0.5, 0.6) is 11.5 Å². The number of carbonyl (C=O) groups is 1. The van der Waals surface area contributed by atoms with E-state index >= 15 is 0 Å². The zero-order valence-electron chi connectivity index (χ0n) is 20.3. The van der Waals surface area contributed by atoms with Gasteiger partial charge in [-0.1, -0.05) is 55.5 Å². The van der Waals surface area contributed by atoms with Gasteiger partial charge in [-0.2, -0.15) is 0 Å². The molecule has 7 heteroatoms. The molecule has 0 spiro atoms. The highest BCUT2D eigenvalue weighted by molar-refractivity contribution is 5.68. The monoisotopic (exact) mass is 481 g/mol. The summed E-state index contributed by atoms with van der Waals surface area (Å²) in [5, 5.41) is 31.4. The molecule has 2 aromatic carbocycles. The number of aliphatic hydroxyl groups is 2. The van der Waals surface area contributed by atoms with Gasteiger partial charge in [0.15, 0.2) is 6.61 Å². The number of hydrogen-bond donors (Lipinski definition) is 3. The first kappa shape index (κ1) is 26.5. The van der Waals surface area contributed by atoms with Crippen molar-refractivity contribution in [2.75, 3.05) is 19.8 Å². The maximum atomic E-state index is 11.8. The third kappa shape index (κ3) is 7.42. The van der Waals surface area contributed by atoms with Crippen molar-refractivity contribution >= 4 is 5.97 Å². The van der Waals surface area contributed by atoms with Gasteiger partial charge >= 0.3 is 5.97 Å². The summed E-state index contributed by atoms with van der Waals surface area (Å²) in [4.78, 5) is 12.7. The molecule has 0 aliphatic heterocycles. The molecule has 1 aliphatic carbocycles. The van der Waals surface area contributed by atoms with Crippen molar-refractivity contribution in [2.24, 2.45) is 5.92 Å². The fourth-order valence-corrected chi connectivity index (χ4v) is 4.39. The molecule has 3 N–H and O–H groups in total. The first-order valence-electron chi connectivity index (χ1n) is 12.0. The molecule has 4 atom stereocenters. The van der Waals surface area contributed by atoms with Crippen LogP contribution in [0.25, 0.3) is 0 Å². The van der Waals surface area contributed by atoms with E-state index in [-0.39, 0.29) is 25.1 Å². The Morgan fingerprint density at radius 3 is 2.40 bits per heavy atom. The maximum Gasteiger partial charge on any atom is 0.341 e. The molecule has 0 saturated carbocycles. The van der Waals surface area contributed by atoms with Crippen LogP contribution in [0.15, 0.2) is 78.9 Å². The molecule has 1 unspecified atom stereocenters. The number of aliphatic carboxylic acids is 1. The smallest absolute Gasteiger partial charge is 0.341 e. The lowest BCUT2D eigenvalue weighted by atomic mass is 9.85. The second-order valence-electron chi connectivity index (χ2n) is 8.85. The topological polar surface area (TPSA) is 99.5 Å². The van der Waals surface area contributed by atoms with Crippen LogP contribution in [-0.4, -0.2) is 63.8 Å². The van der Waals surface area contributed by atoms with E-state index in [1.165, 1.54) is 0 Å². The van der Waals surface area contributed by atoms with Gasteiger partial charge in [-0.25, -0.2) is 4.79 Å². The molecule has 0 bridgehead atoms.